The molecule has 16 aromatic rings. The van der Waals surface area contributed by atoms with Crippen LogP contribution in [0.1, 0.15) is 109 Å². The Bertz CT molecular complexity index is 6010. The monoisotopic (exact) mass is 1390 g/mol. The van der Waals surface area contributed by atoms with Gasteiger partial charge in [-0.15, -0.1) is 0 Å². The van der Waals surface area contributed by atoms with Crippen LogP contribution in [0.3, 0.4) is 0 Å². The molecule has 0 aliphatic carbocycles. The van der Waals surface area contributed by atoms with E-state index in [1.54, 1.807) is 0 Å². The molecule has 14 aromatic carbocycles. The van der Waals surface area contributed by atoms with Crippen LogP contribution in [0.25, 0.3) is 113 Å². The number of nitrogens with zero attached hydrogens (tertiary/aromatic N) is 3. The van der Waals surface area contributed by atoms with Crippen molar-refractivity contribution < 1.29 is 4.11 Å². The van der Waals surface area contributed by atoms with Crippen LogP contribution in [0, 0.1) is 0 Å². The molecule has 0 fully saturated rings. The standard InChI is InChI=1S/C94H80BN3Te/c1-91(2,3)64-43-46-70-82(55-64)99-90-89(70)98(88-74(59-32-21-15-22-33-59)51-66(93(7,8)9)52-75(88)60-34-23-16-24-35-60)81-54-67(94(10,11)12)53-80-85(81)95(90)77-47-44-68(96-78-39-26-25-38-69(78)76-48-63-41-40-61-36-27-37-62-42-45-71(86(76)96)84(63)83(61)62)56-79(77)97(80)87-72(57-28-17-13-18-29-57)49-65(92(4,5)6)50-73(87)58-30-19-14-20-31-58/h13-56H,1-12H3/i44D,47D,56D. The second-order valence-electron chi connectivity index (χ2n) is 31.8. The molecule has 0 saturated heterocycles. The molecule has 5 heteroatoms. The Morgan fingerprint density at radius 3 is 1.35 bits per heavy atom. The van der Waals surface area contributed by atoms with E-state index in [0.717, 1.165) is 122 Å². The van der Waals surface area contributed by atoms with E-state index in [9.17, 15) is 4.11 Å². The number of hydrogen-bond donors (Lipinski definition) is 0. The van der Waals surface area contributed by atoms with Gasteiger partial charge in [-0.3, -0.25) is 0 Å². The van der Waals surface area contributed by atoms with E-state index >= 15 is 0 Å². The van der Waals surface area contributed by atoms with Crippen LogP contribution in [-0.2, 0) is 21.7 Å². The van der Waals surface area contributed by atoms with Crippen LogP contribution in [0.15, 0.2) is 267 Å². The van der Waals surface area contributed by atoms with Gasteiger partial charge in [0.25, 0.3) is 0 Å². The van der Waals surface area contributed by atoms with E-state index in [4.69, 9.17) is 0 Å². The van der Waals surface area contributed by atoms with Gasteiger partial charge in [-0.25, -0.2) is 0 Å². The van der Waals surface area contributed by atoms with E-state index < -0.39 is 32.6 Å². The molecule has 0 bridgehead atoms. The van der Waals surface area contributed by atoms with Crippen molar-refractivity contribution in [3.63, 3.8) is 0 Å². The molecule has 0 saturated carbocycles. The fourth-order valence-corrected chi connectivity index (χ4v) is 20.0. The van der Waals surface area contributed by atoms with Gasteiger partial charge < -0.3 is 0 Å². The third-order valence-corrected chi connectivity index (χ3v) is 24.8. The number of para-hydroxylation sites is 1. The average molecular weight is 1390 g/mol. The van der Waals surface area contributed by atoms with Gasteiger partial charge in [-0.1, -0.05) is 24.3 Å². The molecule has 0 unspecified atom stereocenters. The third-order valence-electron chi connectivity index (χ3n) is 21.4. The molecule has 99 heavy (non-hydrogen) atoms. The van der Waals surface area contributed by atoms with Crippen LogP contribution < -0.4 is 24.2 Å². The molecule has 18 rings (SSSR count). The molecule has 0 radical (unpaired) electrons. The van der Waals surface area contributed by atoms with E-state index in [2.05, 4.69) is 346 Å². The zero-order chi connectivity index (χ0) is 70.4. The summed E-state index contributed by atoms with van der Waals surface area (Å²) in [7, 11) is 0. The van der Waals surface area contributed by atoms with Gasteiger partial charge in [-0.2, -0.15) is 0 Å². The van der Waals surface area contributed by atoms with Crippen LogP contribution in [0.4, 0.5) is 34.1 Å². The molecule has 2 aromatic heterocycles. The summed E-state index contributed by atoms with van der Waals surface area (Å²) < 4.78 is 39.6. The molecular weight excluding hydrogens is 1310 g/mol. The molecule has 480 valence electrons. The zero-order valence-electron chi connectivity index (χ0n) is 61.5. The summed E-state index contributed by atoms with van der Waals surface area (Å²) in [6.45, 7) is 27.4. The van der Waals surface area contributed by atoms with Crippen LogP contribution in [0.2, 0.25) is 0 Å². The maximum atomic E-state index is 12.0. The van der Waals surface area contributed by atoms with Gasteiger partial charge in [0.05, 0.1) is 0 Å². The van der Waals surface area contributed by atoms with Crippen molar-refractivity contribution >= 4 is 139 Å². The number of benzene rings is 14. The zero-order valence-corrected chi connectivity index (χ0v) is 60.8. The quantitative estimate of drug-likeness (QED) is 0.116. The summed E-state index contributed by atoms with van der Waals surface area (Å²) in [6, 6.07) is 92.7. The Labute approximate surface area is 596 Å². The molecule has 0 spiro atoms. The van der Waals surface area contributed by atoms with E-state index in [0.29, 0.717) is 16.8 Å². The number of hydrogen-bond acceptors (Lipinski definition) is 2. The molecular formula is C94H80BN3Te. The van der Waals surface area contributed by atoms with Crippen molar-refractivity contribution in [3.05, 3.63) is 289 Å². The molecule has 0 amide bonds. The molecule has 3 nitrogen and oxygen atoms in total. The fraction of sp³-hybridized carbons (Fsp3) is 0.170. The molecule has 0 N–H and O–H groups in total. The van der Waals surface area contributed by atoms with Gasteiger partial charge in [0.2, 0.25) is 0 Å². The van der Waals surface area contributed by atoms with Gasteiger partial charge in [0, 0.05) is 0 Å². The van der Waals surface area contributed by atoms with Crippen molar-refractivity contribution in [3.8, 4) is 50.2 Å². The van der Waals surface area contributed by atoms with Crippen molar-refractivity contribution in [1.29, 1.82) is 0 Å². The number of anilines is 6. The second-order valence-corrected chi connectivity index (χ2v) is 34.9. The van der Waals surface area contributed by atoms with Crippen molar-refractivity contribution in [2.75, 3.05) is 9.80 Å². The maximum absolute atomic E-state index is 12.0. The summed E-state index contributed by atoms with van der Waals surface area (Å²) in [5.41, 5.74) is 22.3. The Hall–Kier alpha value is -9.89. The van der Waals surface area contributed by atoms with E-state index in [1.165, 1.54) is 45.1 Å². The Balaban J connectivity index is 1.07. The topological polar surface area (TPSA) is 11.4 Å². The van der Waals surface area contributed by atoms with E-state index in [1.807, 2.05) is 0 Å². The first-order valence-corrected chi connectivity index (χ1v) is 37.4. The molecule has 0 atom stereocenters. The Kier molecular flexibility index (Phi) is 13.1. The van der Waals surface area contributed by atoms with Crippen LogP contribution in [-0.4, -0.2) is 31.7 Å². The Morgan fingerprint density at radius 1 is 0.354 bits per heavy atom. The van der Waals surface area contributed by atoms with Crippen molar-refractivity contribution in [2.24, 2.45) is 0 Å². The number of fused-ring (bicyclic) bond motifs is 10. The molecule has 4 heterocycles. The minimum absolute atomic E-state index is 0.0317. The third kappa shape index (κ3) is 9.73. The average Bonchev–Trinajstić information content (AvgIpc) is 1.21. The number of aromatic nitrogens is 1. The summed E-state index contributed by atoms with van der Waals surface area (Å²) >= 11 is -1.31. The molecule has 2 aliphatic heterocycles. The summed E-state index contributed by atoms with van der Waals surface area (Å²) in [4.78, 5) is 5.17. The summed E-state index contributed by atoms with van der Waals surface area (Å²) in [5.74, 6) is 0. The van der Waals surface area contributed by atoms with Gasteiger partial charge in [0.15, 0.2) is 0 Å². The van der Waals surface area contributed by atoms with Gasteiger partial charge in [-0.05, 0) is 0 Å². The van der Waals surface area contributed by atoms with Gasteiger partial charge >= 0.3 is 577 Å². The minimum atomic E-state index is -1.31. The van der Waals surface area contributed by atoms with Crippen molar-refractivity contribution in [2.45, 2.75) is 105 Å². The Morgan fingerprint density at radius 2 is 0.818 bits per heavy atom. The predicted octanol–water partition coefficient (Wildman–Crippen LogP) is 23.8. The first-order valence-electron chi connectivity index (χ1n) is 36.6. The first kappa shape index (κ1) is 58.1. The van der Waals surface area contributed by atoms with Crippen LogP contribution in [0.5, 0.6) is 0 Å². The van der Waals surface area contributed by atoms with Gasteiger partial charge in [0.1, 0.15) is 0 Å². The number of rotatable bonds is 7. The fourth-order valence-electron chi connectivity index (χ4n) is 16.2. The summed E-state index contributed by atoms with van der Waals surface area (Å²) in [5, 5.41) is 10.2. The SMILES string of the molecule is [2H]c1c([2H])c(-n2c3ccccc3c3cc4ccc5cccc6ccc(c4c56)c32)c([2H])c2c1B1c3[te]c4cc(C(C)(C)C)ccc4c3N(c3c(-c4ccccc4)cc(C(C)(C)C)cc3-c3ccccc3)c3cc(C(C)(C)C)cc(c31)N2c1c(-c2ccccc2)cc(C(C)(C)C)cc1-c1ccccc1. The normalized spacial score (nSPS) is 13.8. The van der Waals surface area contributed by atoms with Crippen LogP contribution >= 0.6 is 0 Å². The van der Waals surface area contributed by atoms with E-state index in [-0.39, 0.29) is 34.4 Å². The summed E-state index contributed by atoms with van der Waals surface area (Å²) in [6.07, 6.45) is 0. The first-order chi connectivity index (χ1) is 48.9. The predicted molar refractivity (Wildman–Crippen MR) is 429 cm³/mol. The van der Waals surface area contributed by atoms with Crippen molar-refractivity contribution in [1.82, 2.24) is 4.57 Å². The second kappa shape index (κ2) is 22.3. The molecule has 2 aliphatic rings.